The van der Waals surface area contributed by atoms with Gasteiger partial charge in [0.15, 0.2) is 11.5 Å². The molecule has 35 heavy (non-hydrogen) atoms. The van der Waals surface area contributed by atoms with E-state index in [1.807, 2.05) is 4.90 Å². The standard InChI is InChI=1S/C24H27N5O6/c30-23(28-10-6-25-7-11-28)17-2-4-19(20(14-17)29(32)33)26-8-1-9-27(13-12-26)24(31)18-3-5-21-22(15-18)35-16-34-21/h2-5,14-15,25H,1,6-13,16H2. The molecular weight excluding hydrogens is 454 g/mol. The maximum atomic E-state index is 13.1. The molecular formula is C24H27N5O6. The lowest BCUT2D eigenvalue weighted by atomic mass is 10.1. The van der Waals surface area contributed by atoms with E-state index in [0.717, 1.165) is 0 Å². The number of ether oxygens (including phenoxy) is 2. The Morgan fingerprint density at radius 2 is 1.51 bits per heavy atom. The molecule has 3 heterocycles. The average Bonchev–Trinajstić information content (AvgIpc) is 3.23. The predicted octanol–water partition coefficient (Wildman–Crippen LogP) is 1.72. The minimum Gasteiger partial charge on any atom is -0.454 e. The Morgan fingerprint density at radius 3 is 2.29 bits per heavy atom. The Bertz CT molecular complexity index is 1150. The summed E-state index contributed by atoms with van der Waals surface area (Å²) in [6.45, 7) is 4.69. The molecule has 2 saturated heterocycles. The lowest BCUT2D eigenvalue weighted by Crippen LogP contribution is -2.46. The summed E-state index contributed by atoms with van der Waals surface area (Å²) in [4.78, 5) is 42.8. The van der Waals surface area contributed by atoms with E-state index >= 15 is 0 Å². The normalized spacial score (nSPS) is 17.8. The molecule has 3 aliphatic rings. The molecule has 2 aromatic rings. The van der Waals surface area contributed by atoms with Crippen molar-refractivity contribution in [3.05, 3.63) is 57.6 Å². The Labute approximate surface area is 202 Å². The number of nitro groups is 1. The first-order chi connectivity index (χ1) is 17.0. The molecule has 1 N–H and O–H groups in total. The van der Waals surface area contributed by atoms with Crippen molar-refractivity contribution in [2.45, 2.75) is 6.42 Å². The lowest BCUT2D eigenvalue weighted by Gasteiger charge is -2.28. The van der Waals surface area contributed by atoms with E-state index in [0.29, 0.717) is 87.1 Å². The Balaban J connectivity index is 1.30. The minimum atomic E-state index is -0.440. The van der Waals surface area contributed by atoms with Crippen molar-refractivity contribution in [1.29, 1.82) is 0 Å². The van der Waals surface area contributed by atoms with Crippen molar-refractivity contribution in [1.82, 2.24) is 15.1 Å². The number of rotatable bonds is 4. The summed E-state index contributed by atoms with van der Waals surface area (Å²) in [6, 6.07) is 9.83. The van der Waals surface area contributed by atoms with Gasteiger partial charge in [-0.1, -0.05) is 0 Å². The van der Waals surface area contributed by atoms with Crippen molar-refractivity contribution in [3.63, 3.8) is 0 Å². The SMILES string of the molecule is O=C(c1ccc(N2CCCN(C(=O)c3ccc4c(c3)OCO4)CC2)c([N+](=O)[O-])c1)N1CCNCC1. The smallest absolute Gasteiger partial charge is 0.293 e. The van der Waals surface area contributed by atoms with Gasteiger partial charge in [0.05, 0.1) is 4.92 Å². The first kappa shape index (κ1) is 22.9. The third-order valence-electron chi connectivity index (χ3n) is 6.57. The van der Waals surface area contributed by atoms with Gasteiger partial charge in [0.2, 0.25) is 6.79 Å². The zero-order valence-electron chi connectivity index (χ0n) is 19.3. The van der Waals surface area contributed by atoms with Gasteiger partial charge in [-0.25, -0.2) is 0 Å². The van der Waals surface area contributed by atoms with Gasteiger partial charge >= 0.3 is 0 Å². The maximum Gasteiger partial charge on any atom is 0.293 e. The zero-order valence-corrected chi connectivity index (χ0v) is 19.3. The fraction of sp³-hybridized carbons (Fsp3) is 0.417. The van der Waals surface area contributed by atoms with Gasteiger partial charge in [-0.15, -0.1) is 0 Å². The largest absolute Gasteiger partial charge is 0.454 e. The molecule has 0 saturated carbocycles. The number of hydrogen-bond donors (Lipinski definition) is 1. The molecule has 2 fully saturated rings. The first-order valence-electron chi connectivity index (χ1n) is 11.7. The van der Waals surface area contributed by atoms with Crippen LogP contribution in [0.5, 0.6) is 11.5 Å². The highest BCUT2D eigenvalue weighted by atomic mass is 16.7. The van der Waals surface area contributed by atoms with Gasteiger partial charge in [-0.2, -0.15) is 0 Å². The molecule has 11 nitrogen and oxygen atoms in total. The van der Waals surface area contributed by atoms with Gasteiger partial charge in [-0.05, 0) is 36.8 Å². The fourth-order valence-electron chi connectivity index (χ4n) is 4.69. The number of nitro benzene ring substituents is 1. The molecule has 0 atom stereocenters. The fourth-order valence-corrected chi connectivity index (χ4v) is 4.69. The highest BCUT2D eigenvalue weighted by Gasteiger charge is 2.28. The van der Waals surface area contributed by atoms with Crippen LogP contribution in [0.25, 0.3) is 0 Å². The first-order valence-corrected chi connectivity index (χ1v) is 11.7. The van der Waals surface area contributed by atoms with E-state index in [9.17, 15) is 19.7 Å². The highest BCUT2D eigenvalue weighted by Crippen LogP contribution is 2.33. The Hall–Kier alpha value is -3.86. The van der Waals surface area contributed by atoms with Crippen LogP contribution in [0, 0.1) is 10.1 Å². The van der Waals surface area contributed by atoms with E-state index in [2.05, 4.69) is 5.32 Å². The molecule has 0 aliphatic carbocycles. The third kappa shape index (κ3) is 4.72. The van der Waals surface area contributed by atoms with Gasteiger partial charge < -0.3 is 29.5 Å². The van der Waals surface area contributed by atoms with Crippen molar-refractivity contribution < 1.29 is 24.0 Å². The van der Waals surface area contributed by atoms with Crippen LogP contribution in [-0.4, -0.2) is 85.7 Å². The zero-order chi connectivity index (χ0) is 24.4. The quantitative estimate of drug-likeness (QED) is 0.518. The van der Waals surface area contributed by atoms with Crippen LogP contribution in [0.15, 0.2) is 36.4 Å². The summed E-state index contributed by atoms with van der Waals surface area (Å²) in [7, 11) is 0. The van der Waals surface area contributed by atoms with Crippen molar-refractivity contribution in [2.75, 3.05) is 64.1 Å². The van der Waals surface area contributed by atoms with Gasteiger partial charge in [0, 0.05) is 69.6 Å². The van der Waals surface area contributed by atoms with Crippen LogP contribution < -0.4 is 19.7 Å². The van der Waals surface area contributed by atoms with Crippen molar-refractivity contribution in [3.8, 4) is 11.5 Å². The molecule has 184 valence electrons. The van der Waals surface area contributed by atoms with E-state index < -0.39 is 4.92 Å². The maximum absolute atomic E-state index is 13.1. The number of carbonyl (C=O) groups excluding carboxylic acids is 2. The number of nitrogens with one attached hydrogen (secondary N) is 1. The van der Waals surface area contributed by atoms with Crippen LogP contribution in [0.4, 0.5) is 11.4 Å². The summed E-state index contributed by atoms with van der Waals surface area (Å²) < 4.78 is 10.7. The van der Waals surface area contributed by atoms with Gasteiger partial charge in [0.25, 0.3) is 17.5 Å². The summed E-state index contributed by atoms with van der Waals surface area (Å²) in [5.74, 6) is 0.863. The molecule has 0 unspecified atom stereocenters. The molecule has 0 aromatic heterocycles. The molecule has 2 aromatic carbocycles. The van der Waals surface area contributed by atoms with Crippen LogP contribution in [0.3, 0.4) is 0 Å². The predicted molar refractivity (Wildman–Crippen MR) is 127 cm³/mol. The van der Waals surface area contributed by atoms with Gasteiger partial charge in [-0.3, -0.25) is 19.7 Å². The third-order valence-corrected chi connectivity index (χ3v) is 6.57. The number of carbonyl (C=O) groups is 2. The summed E-state index contributed by atoms with van der Waals surface area (Å²) in [5, 5.41) is 15.1. The van der Waals surface area contributed by atoms with E-state index in [4.69, 9.17) is 9.47 Å². The second-order valence-electron chi connectivity index (χ2n) is 8.70. The van der Waals surface area contributed by atoms with Crippen LogP contribution in [0.2, 0.25) is 0 Å². The molecule has 5 rings (SSSR count). The summed E-state index contributed by atoms with van der Waals surface area (Å²) >= 11 is 0. The van der Waals surface area contributed by atoms with Gasteiger partial charge in [0.1, 0.15) is 5.69 Å². The molecule has 0 radical (unpaired) electrons. The molecule has 11 heteroatoms. The van der Waals surface area contributed by atoms with E-state index in [1.54, 1.807) is 40.1 Å². The summed E-state index contributed by atoms with van der Waals surface area (Å²) in [5.41, 5.74) is 1.20. The average molecular weight is 482 g/mol. The number of nitrogens with zero attached hydrogens (tertiary/aromatic N) is 4. The van der Waals surface area contributed by atoms with Crippen LogP contribution in [-0.2, 0) is 0 Å². The Kier molecular flexibility index (Phi) is 6.41. The van der Waals surface area contributed by atoms with Crippen LogP contribution >= 0.6 is 0 Å². The molecule has 3 aliphatic heterocycles. The number of benzene rings is 2. The number of piperazine rings is 1. The summed E-state index contributed by atoms with van der Waals surface area (Å²) in [6.07, 6.45) is 0.662. The van der Waals surface area contributed by atoms with Crippen molar-refractivity contribution in [2.24, 2.45) is 0 Å². The Morgan fingerprint density at radius 1 is 0.829 bits per heavy atom. The molecule has 0 bridgehead atoms. The monoisotopic (exact) mass is 481 g/mol. The minimum absolute atomic E-state index is 0.0958. The molecule has 2 amide bonds. The number of amides is 2. The number of anilines is 1. The second kappa shape index (κ2) is 9.79. The number of fused-ring (bicyclic) bond motifs is 1. The number of hydrogen-bond acceptors (Lipinski definition) is 8. The van der Waals surface area contributed by atoms with E-state index in [-0.39, 0.29) is 24.3 Å². The second-order valence-corrected chi connectivity index (χ2v) is 8.70. The highest BCUT2D eigenvalue weighted by molar-refractivity contribution is 5.96. The van der Waals surface area contributed by atoms with Crippen molar-refractivity contribution >= 4 is 23.2 Å². The van der Waals surface area contributed by atoms with Crippen LogP contribution in [0.1, 0.15) is 27.1 Å². The van der Waals surface area contributed by atoms with E-state index in [1.165, 1.54) is 6.07 Å². The topological polar surface area (TPSA) is 117 Å². The molecule has 0 spiro atoms. The lowest BCUT2D eigenvalue weighted by molar-refractivity contribution is -0.384.